The summed E-state index contributed by atoms with van der Waals surface area (Å²) in [6.07, 6.45) is 3.49. The van der Waals surface area contributed by atoms with Crippen molar-refractivity contribution in [1.29, 1.82) is 0 Å². The van der Waals surface area contributed by atoms with Gasteiger partial charge >= 0.3 is 0 Å². The number of carbonyl (C=O) groups is 1. The van der Waals surface area contributed by atoms with Crippen LogP contribution in [0.5, 0.6) is 0 Å². The van der Waals surface area contributed by atoms with Gasteiger partial charge in [-0.05, 0) is 43.4 Å². The third-order valence-corrected chi connectivity index (χ3v) is 5.38. The van der Waals surface area contributed by atoms with Gasteiger partial charge in [-0.1, -0.05) is 12.1 Å². The predicted molar refractivity (Wildman–Crippen MR) is 92.5 cm³/mol. The molecule has 0 aliphatic carbocycles. The SMILES string of the molecule is O=C(CCN1CCC2(CC1)OCCCC2O)NCc1ccc(F)cc1. The third-order valence-electron chi connectivity index (χ3n) is 5.38. The van der Waals surface area contributed by atoms with Crippen molar-refractivity contribution in [2.24, 2.45) is 0 Å². The summed E-state index contributed by atoms with van der Waals surface area (Å²) in [5, 5.41) is 13.1. The Labute approximate surface area is 148 Å². The molecule has 0 radical (unpaired) electrons. The summed E-state index contributed by atoms with van der Waals surface area (Å²) in [6.45, 7) is 3.57. The van der Waals surface area contributed by atoms with Crippen molar-refractivity contribution in [3.63, 3.8) is 0 Å². The van der Waals surface area contributed by atoms with Gasteiger partial charge in [-0.25, -0.2) is 4.39 Å². The molecule has 1 amide bonds. The third kappa shape index (κ3) is 4.77. The molecule has 0 aromatic heterocycles. The zero-order valence-electron chi connectivity index (χ0n) is 14.5. The second kappa shape index (κ2) is 8.25. The van der Waals surface area contributed by atoms with E-state index in [-0.39, 0.29) is 23.4 Å². The van der Waals surface area contributed by atoms with Crippen molar-refractivity contribution in [1.82, 2.24) is 10.2 Å². The van der Waals surface area contributed by atoms with Gasteiger partial charge in [0.05, 0.1) is 11.7 Å². The minimum atomic E-state index is -0.362. The highest BCUT2D eigenvalue weighted by Gasteiger charge is 2.43. The van der Waals surface area contributed by atoms with Crippen molar-refractivity contribution in [3.05, 3.63) is 35.6 Å². The van der Waals surface area contributed by atoms with Crippen molar-refractivity contribution in [2.75, 3.05) is 26.2 Å². The number of hydrogen-bond donors (Lipinski definition) is 2. The number of amides is 1. The van der Waals surface area contributed by atoms with Crippen molar-refractivity contribution in [3.8, 4) is 0 Å². The number of carbonyl (C=O) groups excluding carboxylic acids is 1. The van der Waals surface area contributed by atoms with Gasteiger partial charge in [0, 0.05) is 39.2 Å². The summed E-state index contributed by atoms with van der Waals surface area (Å²) in [4.78, 5) is 14.3. The number of piperidine rings is 1. The quantitative estimate of drug-likeness (QED) is 0.851. The predicted octanol–water partition coefficient (Wildman–Crippen LogP) is 1.84. The average molecular weight is 350 g/mol. The number of nitrogens with one attached hydrogen (secondary N) is 1. The topological polar surface area (TPSA) is 61.8 Å². The fourth-order valence-electron chi connectivity index (χ4n) is 3.70. The van der Waals surface area contributed by atoms with E-state index >= 15 is 0 Å². The molecule has 6 heteroatoms. The number of aliphatic hydroxyl groups excluding tert-OH is 1. The van der Waals surface area contributed by atoms with Crippen LogP contribution in [0.1, 0.15) is 37.7 Å². The summed E-state index contributed by atoms with van der Waals surface area (Å²) in [5.74, 6) is -0.274. The number of hydrogen-bond acceptors (Lipinski definition) is 4. The molecule has 0 saturated carbocycles. The molecule has 2 N–H and O–H groups in total. The molecule has 1 aromatic rings. The van der Waals surface area contributed by atoms with Gasteiger partial charge in [-0.2, -0.15) is 0 Å². The molecule has 138 valence electrons. The molecule has 2 aliphatic heterocycles. The maximum atomic E-state index is 12.9. The monoisotopic (exact) mass is 350 g/mol. The Kier molecular flexibility index (Phi) is 6.04. The average Bonchev–Trinajstić information content (AvgIpc) is 2.63. The fraction of sp³-hybridized carbons (Fsp3) is 0.632. The van der Waals surface area contributed by atoms with E-state index < -0.39 is 0 Å². The largest absolute Gasteiger partial charge is 0.390 e. The molecule has 1 spiro atoms. The van der Waals surface area contributed by atoms with E-state index in [1.807, 2.05) is 0 Å². The molecule has 5 nitrogen and oxygen atoms in total. The molecule has 0 bridgehead atoms. The maximum absolute atomic E-state index is 12.9. The number of benzene rings is 1. The first-order valence-electron chi connectivity index (χ1n) is 9.13. The Morgan fingerprint density at radius 1 is 1.32 bits per heavy atom. The fourth-order valence-corrected chi connectivity index (χ4v) is 3.70. The lowest BCUT2D eigenvalue weighted by atomic mass is 9.82. The van der Waals surface area contributed by atoms with Crippen molar-refractivity contribution >= 4 is 5.91 Å². The zero-order chi connectivity index (χ0) is 17.7. The lowest BCUT2D eigenvalue weighted by Gasteiger charge is -2.46. The number of nitrogens with zero attached hydrogens (tertiary/aromatic N) is 1. The molecule has 1 unspecified atom stereocenters. The number of rotatable bonds is 5. The highest BCUT2D eigenvalue weighted by atomic mass is 19.1. The molecule has 3 rings (SSSR count). The first-order chi connectivity index (χ1) is 12.1. The number of halogens is 1. The highest BCUT2D eigenvalue weighted by Crippen LogP contribution is 2.35. The molecule has 2 aliphatic rings. The van der Waals surface area contributed by atoms with Gasteiger partial charge in [0.25, 0.3) is 0 Å². The Hall–Kier alpha value is -1.50. The van der Waals surface area contributed by atoms with Gasteiger partial charge in [0.15, 0.2) is 0 Å². The standard InChI is InChI=1S/C19H27FN2O3/c20-16-5-3-15(4-6-16)14-21-18(24)7-10-22-11-8-19(9-12-22)17(23)2-1-13-25-19/h3-6,17,23H,1-2,7-14H2,(H,21,24). The van der Waals surface area contributed by atoms with Gasteiger partial charge < -0.3 is 20.1 Å². The number of aliphatic hydroxyl groups is 1. The second-order valence-corrected chi connectivity index (χ2v) is 7.07. The van der Waals surface area contributed by atoms with Crippen LogP contribution in [0.25, 0.3) is 0 Å². The van der Waals surface area contributed by atoms with Crippen LogP contribution < -0.4 is 5.32 Å². The molecule has 1 aromatic carbocycles. The Bertz CT molecular complexity index is 571. The van der Waals surface area contributed by atoms with Crippen molar-refractivity contribution < 1.29 is 19.0 Å². The summed E-state index contributed by atoms with van der Waals surface area (Å²) in [7, 11) is 0. The molecule has 2 saturated heterocycles. The van der Waals surface area contributed by atoms with Crippen LogP contribution in [0.3, 0.4) is 0 Å². The van der Waals surface area contributed by atoms with E-state index in [0.29, 0.717) is 19.5 Å². The summed E-state index contributed by atoms with van der Waals surface area (Å²) < 4.78 is 18.8. The molecular formula is C19H27FN2O3. The van der Waals surface area contributed by atoms with Crippen LogP contribution in [-0.4, -0.2) is 53.9 Å². The number of likely N-dealkylation sites (tertiary alicyclic amines) is 1. The van der Waals surface area contributed by atoms with Crippen LogP contribution >= 0.6 is 0 Å². The minimum Gasteiger partial charge on any atom is -0.390 e. The zero-order valence-corrected chi connectivity index (χ0v) is 14.5. The first-order valence-corrected chi connectivity index (χ1v) is 9.13. The molecular weight excluding hydrogens is 323 g/mol. The molecule has 2 heterocycles. The normalized spacial score (nSPS) is 23.5. The molecule has 2 fully saturated rings. The summed E-state index contributed by atoms with van der Waals surface area (Å²) >= 11 is 0. The van der Waals surface area contributed by atoms with E-state index in [2.05, 4.69) is 10.2 Å². The molecule has 25 heavy (non-hydrogen) atoms. The van der Waals surface area contributed by atoms with E-state index in [0.717, 1.165) is 50.9 Å². The van der Waals surface area contributed by atoms with E-state index in [4.69, 9.17) is 4.74 Å². The van der Waals surface area contributed by atoms with Gasteiger partial charge in [0.1, 0.15) is 5.82 Å². The number of ether oxygens (including phenoxy) is 1. The van der Waals surface area contributed by atoms with Crippen LogP contribution in [0.15, 0.2) is 24.3 Å². The lowest BCUT2D eigenvalue weighted by Crippen LogP contribution is -2.55. The Morgan fingerprint density at radius 2 is 2.04 bits per heavy atom. The van der Waals surface area contributed by atoms with Gasteiger partial charge in [-0.15, -0.1) is 0 Å². The minimum absolute atomic E-state index is 0.00133. The lowest BCUT2D eigenvalue weighted by molar-refractivity contribution is -0.176. The van der Waals surface area contributed by atoms with Crippen LogP contribution in [0, 0.1) is 5.82 Å². The smallest absolute Gasteiger partial charge is 0.221 e. The van der Waals surface area contributed by atoms with Crippen molar-refractivity contribution in [2.45, 2.75) is 50.4 Å². The molecule has 1 atom stereocenters. The summed E-state index contributed by atoms with van der Waals surface area (Å²) in [6, 6.07) is 6.14. The first kappa shape index (κ1) is 18.3. The Balaban J connectivity index is 1.36. The van der Waals surface area contributed by atoms with Crippen LogP contribution in [-0.2, 0) is 16.1 Å². The Morgan fingerprint density at radius 3 is 2.72 bits per heavy atom. The van der Waals surface area contributed by atoms with Crippen LogP contribution in [0.2, 0.25) is 0 Å². The van der Waals surface area contributed by atoms with Gasteiger partial charge in [0.2, 0.25) is 5.91 Å². The second-order valence-electron chi connectivity index (χ2n) is 7.07. The van der Waals surface area contributed by atoms with E-state index in [1.54, 1.807) is 12.1 Å². The maximum Gasteiger partial charge on any atom is 0.221 e. The summed E-state index contributed by atoms with van der Waals surface area (Å²) in [5.41, 5.74) is 0.526. The van der Waals surface area contributed by atoms with Gasteiger partial charge in [-0.3, -0.25) is 4.79 Å². The highest BCUT2D eigenvalue weighted by molar-refractivity contribution is 5.76. The van der Waals surface area contributed by atoms with Crippen LogP contribution in [0.4, 0.5) is 4.39 Å². The van der Waals surface area contributed by atoms with E-state index in [9.17, 15) is 14.3 Å². The van der Waals surface area contributed by atoms with E-state index in [1.165, 1.54) is 12.1 Å².